The largest absolute Gasteiger partial charge is 0.343 e. The predicted octanol–water partition coefficient (Wildman–Crippen LogP) is 0.113. The summed E-state index contributed by atoms with van der Waals surface area (Å²) in [5.41, 5.74) is 2.61. The Bertz CT molecular complexity index is 503. The van der Waals surface area contributed by atoms with Gasteiger partial charge in [-0.05, 0) is 31.6 Å². The summed E-state index contributed by atoms with van der Waals surface area (Å²) in [5.74, 6) is 0.247. The lowest BCUT2D eigenvalue weighted by Gasteiger charge is -2.32. The minimum atomic E-state index is -0.227. The van der Waals surface area contributed by atoms with Crippen LogP contribution in [0.2, 0.25) is 0 Å². The third-order valence-corrected chi connectivity index (χ3v) is 4.71. The zero-order valence-corrected chi connectivity index (χ0v) is 12.7. The molecular formula is C15H22N4O3. The quantitative estimate of drug-likeness (QED) is 0.803. The number of nitrogens with zero attached hydrogens (tertiary/aromatic N) is 3. The first-order chi connectivity index (χ1) is 10.6. The number of carbonyl (C=O) groups is 3. The number of hydrazone groups is 1. The van der Waals surface area contributed by atoms with Crippen LogP contribution in [-0.4, -0.2) is 59.4 Å². The first kappa shape index (κ1) is 15.0. The molecule has 0 aromatic heterocycles. The third kappa shape index (κ3) is 3.28. The molecule has 120 valence electrons. The SMILES string of the molecule is O=C1CC(C(=O)N2CCC(CC(=O)N3CCCC3)CC2)=NN1. The van der Waals surface area contributed by atoms with Crippen LogP contribution in [0.3, 0.4) is 0 Å². The molecule has 0 saturated carbocycles. The number of hydrogen-bond donors (Lipinski definition) is 1. The van der Waals surface area contributed by atoms with Gasteiger partial charge >= 0.3 is 0 Å². The van der Waals surface area contributed by atoms with Crippen molar-refractivity contribution in [3.63, 3.8) is 0 Å². The van der Waals surface area contributed by atoms with Gasteiger partial charge in [0.2, 0.25) is 11.8 Å². The molecule has 0 radical (unpaired) electrons. The van der Waals surface area contributed by atoms with Crippen LogP contribution < -0.4 is 5.43 Å². The van der Waals surface area contributed by atoms with E-state index in [1.807, 2.05) is 4.90 Å². The Morgan fingerprint density at radius 1 is 1.09 bits per heavy atom. The fraction of sp³-hybridized carbons (Fsp3) is 0.733. The number of likely N-dealkylation sites (tertiary alicyclic amines) is 2. The average molecular weight is 306 g/mol. The summed E-state index contributed by atoms with van der Waals surface area (Å²) in [4.78, 5) is 39.2. The van der Waals surface area contributed by atoms with Gasteiger partial charge in [-0.25, -0.2) is 5.43 Å². The molecule has 0 bridgehead atoms. The highest BCUT2D eigenvalue weighted by molar-refractivity contribution is 6.43. The Balaban J connectivity index is 1.45. The van der Waals surface area contributed by atoms with Gasteiger partial charge in [-0.1, -0.05) is 0 Å². The Morgan fingerprint density at radius 2 is 1.77 bits per heavy atom. The van der Waals surface area contributed by atoms with E-state index in [-0.39, 0.29) is 24.1 Å². The first-order valence-corrected chi connectivity index (χ1v) is 8.06. The van der Waals surface area contributed by atoms with Crippen molar-refractivity contribution in [2.24, 2.45) is 11.0 Å². The lowest BCUT2D eigenvalue weighted by atomic mass is 9.92. The normalized spacial score (nSPS) is 22.7. The second kappa shape index (κ2) is 6.46. The molecule has 0 aromatic rings. The Labute approximate surface area is 129 Å². The van der Waals surface area contributed by atoms with E-state index in [0.29, 0.717) is 31.1 Å². The topological polar surface area (TPSA) is 82.1 Å². The van der Waals surface area contributed by atoms with Gasteiger partial charge in [-0.2, -0.15) is 5.10 Å². The number of nitrogens with one attached hydrogen (secondary N) is 1. The third-order valence-electron chi connectivity index (χ3n) is 4.71. The van der Waals surface area contributed by atoms with E-state index < -0.39 is 0 Å². The van der Waals surface area contributed by atoms with Crippen LogP contribution in [0, 0.1) is 5.92 Å². The Morgan fingerprint density at radius 3 is 2.36 bits per heavy atom. The van der Waals surface area contributed by atoms with Crippen molar-refractivity contribution in [2.45, 2.75) is 38.5 Å². The van der Waals surface area contributed by atoms with Crippen molar-refractivity contribution in [1.82, 2.24) is 15.2 Å². The summed E-state index contributed by atoms with van der Waals surface area (Å²) in [6.07, 6.45) is 4.61. The molecule has 3 amide bonds. The first-order valence-electron chi connectivity index (χ1n) is 8.06. The van der Waals surface area contributed by atoms with E-state index in [9.17, 15) is 14.4 Å². The highest BCUT2D eigenvalue weighted by atomic mass is 16.2. The molecule has 3 heterocycles. The van der Waals surface area contributed by atoms with E-state index in [2.05, 4.69) is 10.5 Å². The molecular weight excluding hydrogens is 284 g/mol. The van der Waals surface area contributed by atoms with E-state index in [4.69, 9.17) is 0 Å². The molecule has 0 unspecified atom stereocenters. The van der Waals surface area contributed by atoms with Gasteiger partial charge in [0.1, 0.15) is 5.71 Å². The van der Waals surface area contributed by atoms with E-state index in [1.54, 1.807) is 4.90 Å². The molecule has 7 heteroatoms. The number of piperidine rings is 1. The summed E-state index contributed by atoms with van der Waals surface area (Å²) >= 11 is 0. The Kier molecular flexibility index (Phi) is 4.40. The maximum atomic E-state index is 12.2. The summed E-state index contributed by atoms with van der Waals surface area (Å²) in [6, 6.07) is 0. The summed E-state index contributed by atoms with van der Waals surface area (Å²) in [6.45, 7) is 3.09. The highest BCUT2D eigenvalue weighted by Gasteiger charge is 2.30. The fourth-order valence-electron chi connectivity index (χ4n) is 3.35. The fourth-order valence-corrected chi connectivity index (χ4v) is 3.35. The van der Waals surface area contributed by atoms with Crippen LogP contribution >= 0.6 is 0 Å². The molecule has 22 heavy (non-hydrogen) atoms. The minimum absolute atomic E-state index is 0.0756. The lowest BCUT2D eigenvalue weighted by Crippen LogP contribution is -2.42. The maximum Gasteiger partial charge on any atom is 0.270 e. The van der Waals surface area contributed by atoms with Crippen LogP contribution in [-0.2, 0) is 14.4 Å². The molecule has 2 fully saturated rings. The molecule has 2 saturated heterocycles. The van der Waals surface area contributed by atoms with Gasteiger partial charge in [-0.15, -0.1) is 0 Å². The number of hydrogen-bond acceptors (Lipinski definition) is 4. The second-order valence-corrected chi connectivity index (χ2v) is 6.30. The molecule has 0 aliphatic carbocycles. The van der Waals surface area contributed by atoms with Crippen molar-refractivity contribution in [2.75, 3.05) is 26.2 Å². The van der Waals surface area contributed by atoms with E-state index in [0.717, 1.165) is 38.8 Å². The van der Waals surface area contributed by atoms with Crippen molar-refractivity contribution in [1.29, 1.82) is 0 Å². The van der Waals surface area contributed by atoms with Crippen LogP contribution in [0.25, 0.3) is 0 Å². The molecule has 3 aliphatic rings. The van der Waals surface area contributed by atoms with Crippen LogP contribution in [0.15, 0.2) is 5.10 Å². The molecule has 0 atom stereocenters. The monoisotopic (exact) mass is 306 g/mol. The van der Waals surface area contributed by atoms with Gasteiger partial charge in [0, 0.05) is 32.6 Å². The summed E-state index contributed by atoms with van der Waals surface area (Å²) in [7, 11) is 0. The minimum Gasteiger partial charge on any atom is -0.343 e. The van der Waals surface area contributed by atoms with Crippen molar-refractivity contribution < 1.29 is 14.4 Å². The maximum absolute atomic E-state index is 12.2. The van der Waals surface area contributed by atoms with Gasteiger partial charge in [0.05, 0.1) is 6.42 Å². The summed E-state index contributed by atoms with van der Waals surface area (Å²) < 4.78 is 0. The molecule has 1 N–H and O–H groups in total. The van der Waals surface area contributed by atoms with Gasteiger partial charge in [-0.3, -0.25) is 14.4 Å². The van der Waals surface area contributed by atoms with E-state index >= 15 is 0 Å². The predicted molar refractivity (Wildman–Crippen MR) is 79.9 cm³/mol. The molecule has 3 rings (SSSR count). The van der Waals surface area contributed by atoms with Crippen molar-refractivity contribution in [3.05, 3.63) is 0 Å². The number of rotatable bonds is 3. The van der Waals surface area contributed by atoms with Crippen molar-refractivity contribution >= 4 is 23.4 Å². The Hall–Kier alpha value is -1.92. The van der Waals surface area contributed by atoms with Gasteiger partial charge in [0.25, 0.3) is 5.91 Å². The van der Waals surface area contributed by atoms with Gasteiger partial charge in [0.15, 0.2) is 0 Å². The molecule has 0 aromatic carbocycles. The molecule has 7 nitrogen and oxygen atoms in total. The van der Waals surface area contributed by atoms with Gasteiger partial charge < -0.3 is 9.80 Å². The van der Waals surface area contributed by atoms with Crippen LogP contribution in [0.5, 0.6) is 0 Å². The smallest absolute Gasteiger partial charge is 0.270 e. The molecule has 0 spiro atoms. The average Bonchev–Trinajstić information content (AvgIpc) is 3.18. The number of carbonyl (C=O) groups excluding carboxylic acids is 3. The zero-order chi connectivity index (χ0) is 15.5. The van der Waals surface area contributed by atoms with Crippen LogP contribution in [0.1, 0.15) is 38.5 Å². The summed E-state index contributed by atoms with van der Waals surface area (Å²) in [5, 5.41) is 3.78. The van der Waals surface area contributed by atoms with Crippen molar-refractivity contribution in [3.8, 4) is 0 Å². The zero-order valence-electron chi connectivity index (χ0n) is 12.7. The standard InChI is InChI=1S/C15H22N4O3/c20-13-10-12(16-17-13)15(22)19-7-3-11(4-8-19)9-14(21)18-5-1-2-6-18/h11H,1-10H2,(H,17,20). The highest BCUT2D eigenvalue weighted by Crippen LogP contribution is 2.23. The lowest BCUT2D eigenvalue weighted by molar-refractivity contribution is -0.131. The second-order valence-electron chi connectivity index (χ2n) is 6.30. The van der Waals surface area contributed by atoms with Crippen LogP contribution in [0.4, 0.5) is 0 Å². The van der Waals surface area contributed by atoms with E-state index in [1.165, 1.54) is 0 Å². The number of amides is 3. The molecule has 3 aliphatic heterocycles.